The van der Waals surface area contributed by atoms with E-state index in [9.17, 15) is 0 Å². The van der Waals surface area contributed by atoms with Gasteiger partial charge in [0, 0.05) is 42.0 Å². The summed E-state index contributed by atoms with van der Waals surface area (Å²) in [6.07, 6.45) is 2.57. The van der Waals surface area contributed by atoms with Crippen LogP contribution < -0.4 is 10.2 Å². The van der Waals surface area contributed by atoms with Crippen molar-refractivity contribution in [1.29, 1.82) is 0 Å². The molecule has 4 rings (SSSR count). The van der Waals surface area contributed by atoms with Crippen molar-refractivity contribution >= 4 is 28.0 Å². The van der Waals surface area contributed by atoms with E-state index in [0.717, 1.165) is 64.6 Å². The van der Waals surface area contributed by atoms with E-state index < -0.39 is 0 Å². The molecule has 0 radical (unpaired) electrons. The van der Waals surface area contributed by atoms with Crippen LogP contribution in [0, 0.1) is 6.92 Å². The van der Waals surface area contributed by atoms with Crippen molar-refractivity contribution in [3.63, 3.8) is 0 Å². The highest BCUT2D eigenvalue weighted by atomic mass is 32.1. The predicted molar refractivity (Wildman–Crippen MR) is 114 cm³/mol. The van der Waals surface area contributed by atoms with E-state index in [1.54, 1.807) is 11.3 Å². The van der Waals surface area contributed by atoms with Gasteiger partial charge in [-0.3, -0.25) is 0 Å². The monoisotopic (exact) mass is 396 g/mol. The molecule has 0 bridgehead atoms. The molecule has 0 unspecified atom stereocenters. The average molecular weight is 397 g/mol. The Kier molecular flexibility index (Phi) is 5.85. The van der Waals surface area contributed by atoms with Crippen molar-refractivity contribution in [2.75, 3.05) is 43.1 Å². The van der Waals surface area contributed by atoms with Gasteiger partial charge in [-0.25, -0.2) is 9.97 Å². The number of nitrogens with zero attached hydrogens (tertiary/aromatic N) is 3. The Morgan fingerprint density at radius 3 is 2.71 bits per heavy atom. The molecule has 0 amide bonds. The molecule has 0 aromatic carbocycles. The van der Waals surface area contributed by atoms with Crippen LogP contribution in [0.1, 0.15) is 11.3 Å². The summed E-state index contributed by atoms with van der Waals surface area (Å²) in [4.78, 5) is 12.6. The van der Waals surface area contributed by atoms with E-state index in [2.05, 4.69) is 44.5 Å². The third-order valence-electron chi connectivity index (χ3n) is 4.80. The molecular weight excluding hydrogens is 372 g/mol. The smallest absolute Gasteiger partial charge is 0.131 e. The first kappa shape index (κ1) is 18.9. The Balaban J connectivity index is 1.44. The van der Waals surface area contributed by atoms with Gasteiger partial charge >= 0.3 is 0 Å². The predicted octanol–water partition coefficient (Wildman–Crippen LogP) is 3.63. The summed E-state index contributed by atoms with van der Waals surface area (Å²) in [6, 6.07) is 12.3. The highest BCUT2D eigenvalue weighted by Gasteiger charge is 2.13. The number of anilines is 3. The fraction of sp³-hybridized carbons (Fsp3) is 0.333. The van der Waals surface area contributed by atoms with Gasteiger partial charge in [0.1, 0.15) is 11.6 Å². The molecule has 7 heteroatoms. The second-order valence-corrected chi connectivity index (χ2v) is 7.79. The Labute approximate surface area is 168 Å². The van der Waals surface area contributed by atoms with Crippen LogP contribution in [0.5, 0.6) is 0 Å². The van der Waals surface area contributed by atoms with Gasteiger partial charge in [-0.1, -0.05) is 6.07 Å². The van der Waals surface area contributed by atoms with Crippen LogP contribution in [-0.2, 0) is 11.2 Å². The molecule has 1 saturated heterocycles. The normalized spacial score (nSPS) is 14.3. The number of aromatic nitrogens is 2. The molecule has 146 valence electrons. The van der Waals surface area contributed by atoms with E-state index >= 15 is 0 Å². The number of aliphatic hydroxyl groups is 1. The van der Waals surface area contributed by atoms with Gasteiger partial charge in [0.25, 0.3) is 0 Å². The minimum atomic E-state index is 0.141. The number of pyridine rings is 2. The fourth-order valence-corrected chi connectivity index (χ4v) is 4.15. The van der Waals surface area contributed by atoms with Crippen molar-refractivity contribution < 1.29 is 9.84 Å². The van der Waals surface area contributed by atoms with Crippen LogP contribution in [0.4, 0.5) is 16.6 Å². The quantitative estimate of drug-likeness (QED) is 0.663. The van der Waals surface area contributed by atoms with Crippen molar-refractivity contribution in [2.45, 2.75) is 13.3 Å². The molecular formula is C21H24N4O2S. The summed E-state index contributed by atoms with van der Waals surface area (Å²) in [6.45, 7) is 5.42. The van der Waals surface area contributed by atoms with Crippen LogP contribution in [0.25, 0.3) is 10.4 Å². The number of morpholine rings is 1. The van der Waals surface area contributed by atoms with Crippen LogP contribution in [-0.4, -0.2) is 48.0 Å². The summed E-state index contributed by atoms with van der Waals surface area (Å²) in [5, 5.41) is 13.5. The zero-order valence-corrected chi connectivity index (χ0v) is 16.7. The molecule has 2 N–H and O–H groups in total. The van der Waals surface area contributed by atoms with Crippen LogP contribution in [0.2, 0.25) is 0 Å². The number of hydrogen-bond donors (Lipinski definition) is 2. The third kappa shape index (κ3) is 4.32. The minimum Gasteiger partial charge on any atom is -0.396 e. The minimum absolute atomic E-state index is 0.141. The number of hydrogen-bond acceptors (Lipinski definition) is 7. The Bertz CT molecular complexity index is 920. The molecule has 0 atom stereocenters. The zero-order valence-electron chi connectivity index (χ0n) is 15.9. The second kappa shape index (κ2) is 8.68. The fourth-order valence-electron chi connectivity index (χ4n) is 3.24. The summed E-state index contributed by atoms with van der Waals surface area (Å²) < 4.78 is 5.40. The number of aryl methyl sites for hydroxylation is 1. The van der Waals surface area contributed by atoms with Gasteiger partial charge < -0.3 is 20.1 Å². The molecule has 0 saturated carbocycles. The molecule has 1 aliphatic heterocycles. The number of aliphatic hydroxyl groups excluding tert-OH is 1. The van der Waals surface area contributed by atoms with Gasteiger partial charge in [-0.15, -0.1) is 11.3 Å². The van der Waals surface area contributed by atoms with Gasteiger partial charge in [-0.05, 0) is 49.2 Å². The van der Waals surface area contributed by atoms with E-state index in [-0.39, 0.29) is 6.61 Å². The summed E-state index contributed by atoms with van der Waals surface area (Å²) >= 11 is 1.68. The van der Waals surface area contributed by atoms with Crippen molar-refractivity contribution in [3.05, 3.63) is 53.9 Å². The maximum absolute atomic E-state index is 9.10. The molecule has 1 aliphatic rings. The second-order valence-electron chi connectivity index (χ2n) is 6.71. The van der Waals surface area contributed by atoms with Crippen molar-refractivity contribution in [3.8, 4) is 10.4 Å². The lowest BCUT2D eigenvalue weighted by Gasteiger charge is -2.27. The Hall–Kier alpha value is -2.48. The van der Waals surface area contributed by atoms with Gasteiger partial charge in [0.15, 0.2) is 0 Å². The highest BCUT2D eigenvalue weighted by Crippen LogP contribution is 2.33. The molecule has 3 aromatic heterocycles. The number of rotatable bonds is 6. The average Bonchev–Trinajstić information content (AvgIpc) is 3.19. The lowest BCUT2D eigenvalue weighted by atomic mass is 10.1. The van der Waals surface area contributed by atoms with Gasteiger partial charge in [0.05, 0.1) is 18.2 Å². The van der Waals surface area contributed by atoms with E-state index in [4.69, 9.17) is 9.84 Å². The molecule has 4 heterocycles. The Morgan fingerprint density at radius 1 is 1.14 bits per heavy atom. The molecule has 0 spiro atoms. The van der Waals surface area contributed by atoms with Gasteiger partial charge in [-0.2, -0.15) is 0 Å². The molecule has 1 fully saturated rings. The van der Waals surface area contributed by atoms with Gasteiger partial charge in [0.2, 0.25) is 0 Å². The zero-order chi connectivity index (χ0) is 19.3. The maximum atomic E-state index is 9.10. The molecule has 28 heavy (non-hydrogen) atoms. The summed E-state index contributed by atoms with van der Waals surface area (Å²) in [7, 11) is 0. The number of ether oxygens (including phenoxy) is 1. The maximum Gasteiger partial charge on any atom is 0.131 e. The first-order chi connectivity index (χ1) is 13.7. The van der Waals surface area contributed by atoms with Crippen LogP contribution in [0.3, 0.4) is 0 Å². The molecule has 0 aliphatic carbocycles. The summed E-state index contributed by atoms with van der Waals surface area (Å²) in [5.74, 6) is 1.82. The largest absolute Gasteiger partial charge is 0.396 e. The Morgan fingerprint density at radius 2 is 2.00 bits per heavy atom. The van der Waals surface area contributed by atoms with E-state index in [1.807, 2.05) is 25.3 Å². The number of thiophene rings is 1. The topological polar surface area (TPSA) is 70.5 Å². The lowest BCUT2D eigenvalue weighted by molar-refractivity contribution is 0.122. The number of nitrogens with one attached hydrogen (secondary N) is 1. The summed E-state index contributed by atoms with van der Waals surface area (Å²) in [5.41, 5.74) is 3.13. The lowest BCUT2D eigenvalue weighted by Crippen LogP contribution is -2.36. The first-order valence-electron chi connectivity index (χ1n) is 9.46. The molecule has 6 nitrogen and oxygen atoms in total. The van der Waals surface area contributed by atoms with Crippen molar-refractivity contribution in [2.24, 2.45) is 0 Å². The van der Waals surface area contributed by atoms with E-state index in [1.165, 1.54) is 0 Å². The van der Waals surface area contributed by atoms with Crippen molar-refractivity contribution in [1.82, 2.24) is 9.97 Å². The highest BCUT2D eigenvalue weighted by molar-refractivity contribution is 7.19. The third-order valence-corrected chi connectivity index (χ3v) is 5.85. The van der Waals surface area contributed by atoms with Crippen LogP contribution in [0.15, 0.2) is 42.6 Å². The standard InChI is InChI=1S/C21H24N4O2S/c1-15-16(8-11-26)2-5-19(23-15)24-21-7-4-18(28-21)17-3-6-20(22-14-17)25-9-12-27-13-10-25/h2-7,14,26H,8-13H2,1H3,(H,23,24). The SMILES string of the molecule is Cc1nc(Nc2ccc(-c3ccc(N4CCOCC4)nc3)s2)ccc1CCO. The van der Waals surface area contributed by atoms with E-state index in [0.29, 0.717) is 6.42 Å². The first-order valence-corrected chi connectivity index (χ1v) is 10.3. The molecule has 3 aromatic rings. The van der Waals surface area contributed by atoms with Crippen LogP contribution >= 0.6 is 11.3 Å².